The highest BCUT2D eigenvalue weighted by molar-refractivity contribution is 5.81. The summed E-state index contributed by atoms with van der Waals surface area (Å²) >= 11 is 0. The van der Waals surface area contributed by atoms with Crippen LogP contribution in [0.25, 0.3) is 10.9 Å². The molecule has 2 N–H and O–H groups in total. The predicted molar refractivity (Wildman–Crippen MR) is 125 cm³/mol. The third-order valence-electron chi connectivity index (χ3n) is 7.47. The van der Waals surface area contributed by atoms with Gasteiger partial charge >= 0.3 is 6.18 Å². The summed E-state index contributed by atoms with van der Waals surface area (Å²) in [6.45, 7) is 6.75. The minimum absolute atomic E-state index is 0.0868. The SMILES string of the molecule is Cc1cc2cnc(Nc3cnn(C)c3C(F)(F)F)nc2cc1C1CCN([C@@]2(C)COC[C@H]2O)CC1. The number of benzene rings is 1. The van der Waals surface area contributed by atoms with Crippen LogP contribution in [0.1, 0.15) is 42.5 Å². The molecule has 4 heterocycles. The number of nitrogens with one attached hydrogen (secondary N) is 1. The molecular weight excluding hydrogens is 461 g/mol. The third kappa shape index (κ3) is 4.36. The van der Waals surface area contributed by atoms with Crippen molar-refractivity contribution in [2.75, 3.05) is 31.6 Å². The summed E-state index contributed by atoms with van der Waals surface area (Å²) in [5.74, 6) is 0.420. The van der Waals surface area contributed by atoms with E-state index in [-0.39, 0.29) is 17.2 Å². The van der Waals surface area contributed by atoms with E-state index >= 15 is 0 Å². The van der Waals surface area contributed by atoms with E-state index in [4.69, 9.17) is 4.74 Å². The molecular formula is C24H29F3N6O2. The van der Waals surface area contributed by atoms with Crippen LogP contribution in [0.5, 0.6) is 0 Å². The van der Waals surface area contributed by atoms with Gasteiger partial charge in [-0.3, -0.25) is 9.58 Å². The van der Waals surface area contributed by atoms with E-state index in [1.54, 1.807) is 6.20 Å². The summed E-state index contributed by atoms with van der Waals surface area (Å²) in [5.41, 5.74) is 1.58. The second kappa shape index (κ2) is 8.72. The molecule has 0 amide bonds. The molecule has 2 aliphatic heterocycles. The fourth-order valence-corrected chi connectivity index (χ4v) is 5.35. The van der Waals surface area contributed by atoms with Gasteiger partial charge in [0.2, 0.25) is 5.95 Å². The number of hydrogen-bond acceptors (Lipinski definition) is 7. The number of rotatable bonds is 4. The maximum Gasteiger partial charge on any atom is 0.435 e. The first-order chi connectivity index (χ1) is 16.6. The molecule has 1 aromatic carbocycles. The van der Waals surface area contributed by atoms with Gasteiger partial charge in [0.05, 0.1) is 42.3 Å². The largest absolute Gasteiger partial charge is 0.435 e. The number of ether oxygens (including phenoxy) is 1. The Morgan fingerprint density at radius 2 is 1.94 bits per heavy atom. The first kappa shape index (κ1) is 24.0. The molecule has 0 unspecified atom stereocenters. The van der Waals surface area contributed by atoms with Crippen molar-refractivity contribution in [3.63, 3.8) is 0 Å². The Morgan fingerprint density at radius 1 is 1.20 bits per heavy atom. The molecule has 5 rings (SSSR count). The van der Waals surface area contributed by atoms with Crippen LogP contribution in [0.4, 0.5) is 24.8 Å². The van der Waals surface area contributed by atoms with E-state index in [0.29, 0.717) is 24.6 Å². The highest BCUT2D eigenvalue weighted by Gasteiger charge is 2.45. The lowest BCUT2D eigenvalue weighted by Crippen LogP contribution is -2.56. The van der Waals surface area contributed by atoms with Crippen molar-refractivity contribution in [2.24, 2.45) is 7.05 Å². The number of aromatic nitrogens is 4. The second-order valence-electron chi connectivity index (χ2n) is 9.76. The van der Waals surface area contributed by atoms with Gasteiger partial charge in [-0.25, -0.2) is 9.97 Å². The predicted octanol–water partition coefficient (Wildman–Crippen LogP) is 3.76. The fourth-order valence-electron chi connectivity index (χ4n) is 5.35. The molecule has 2 fully saturated rings. The van der Waals surface area contributed by atoms with E-state index in [2.05, 4.69) is 39.1 Å². The Kier molecular flexibility index (Phi) is 5.97. The van der Waals surface area contributed by atoms with Gasteiger partial charge in [0.1, 0.15) is 0 Å². The Labute approximate surface area is 201 Å². The standard InChI is InChI=1S/C24H29F3N6O2/c1-14-8-16-10-28-22(31-19-11-29-32(3)21(19)24(25,26)27)30-18(16)9-17(14)15-4-6-33(7-5-15)23(2)13-35-12-20(23)34/h8-11,15,20,34H,4-7,12-13H2,1-3H3,(H,28,30,31)/t20-,23+/m1/s1. The average molecular weight is 491 g/mol. The van der Waals surface area contributed by atoms with Crippen LogP contribution in [0, 0.1) is 6.92 Å². The molecule has 35 heavy (non-hydrogen) atoms. The Hall–Kier alpha value is -2.76. The van der Waals surface area contributed by atoms with E-state index in [9.17, 15) is 18.3 Å². The normalized spacial score (nSPS) is 24.4. The highest BCUT2D eigenvalue weighted by Crippen LogP contribution is 2.38. The second-order valence-corrected chi connectivity index (χ2v) is 9.76. The maximum atomic E-state index is 13.4. The Bertz CT molecular complexity index is 1240. The van der Waals surface area contributed by atoms with Crippen LogP contribution in [-0.4, -0.2) is 67.7 Å². The zero-order chi connectivity index (χ0) is 25.0. The molecule has 0 aliphatic carbocycles. The zero-order valence-corrected chi connectivity index (χ0v) is 19.9. The van der Waals surface area contributed by atoms with Crippen LogP contribution >= 0.6 is 0 Å². The number of halogens is 3. The summed E-state index contributed by atoms with van der Waals surface area (Å²) in [6.07, 6.45) is -0.415. The molecule has 0 bridgehead atoms. The molecule has 11 heteroatoms. The van der Waals surface area contributed by atoms with E-state index in [1.807, 2.05) is 12.1 Å². The molecule has 2 aromatic heterocycles. The van der Waals surface area contributed by atoms with Crippen LogP contribution < -0.4 is 5.32 Å². The average Bonchev–Trinajstić information content (AvgIpc) is 3.35. The minimum atomic E-state index is -4.55. The van der Waals surface area contributed by atoms with E-state index in [0.717, 1.165) is 47.8 Å². The minimum Gasteiger partial charge on any atom is -0.389 e. The summed E-state index contributed by atoms with van der Waals surface area (Å²) in [7, 11) is 1.25. The molecule has 3 aromatic rings. The van der Waals surface area contributed by atoms with Gasteiger partial charge in [-0.1, -0.05) is 0 Å². The number of likely N-dealkylation sites (tertiary alicyclic amines) is 1. The zero-order valence-electron chi connectivity index (χ0n) is 19.9. The molecule has 0 radical (unpaired) electrons. The lowest BCUT2D eigenvalue weighted by atomic mass is 9.84. The molecule has 0 spiro atoms. The van der Waals surface area contributed by atoms with Gasteiger partial charge in [0.25, 0.3) is 0 Å². The summed E-state index contributed by atoms with van der Waals surface area (Å²) in [6, 6.07) is 4.06. The lowest BCUT2D eigenvalue weighted by Gasteiger charge is -2.43. The highest BCUT2D eigenvalue weighted by atomic mass is 19.4. The van der Waals surface area contributed by atoms with Crippen molar-refractivity contribution in [2.45, 2.75) is 50.4 Å². The monoisotopic (exact) mass is 490 g/mol. The first-order valence-corrected chi connectivity index (χ1v) is 11.7. The van der Waals surface area contributed by atoms with Crippen LogP contribution in [0.3, 0.4) is 0 Å². The summed E-state index contributed by atoms with van der Waals surface area (Å²) in [5, 5.41) is 17.6. The van der Waals surface area contributed by atoms with E-state index < -0.39 is 18.0 Å². The van der Waals surface area contributed by atoms with Crippen LogP contribution in [0.2, 0.25) is 0 Å². The number of aryl methyl sites for hydroxylation is 2. The fraction of sp³-hybridized carbons (Fsp3) is 0.542. The molecule has 2 aliphatic rings. The number of aliphatic hydroxyl groups excluding tert-OH is 1. The maximum absolute atomic E-state index is 13.4. The van der Waals surface area contributed by atoms with Crippen molar-refractivity contribution in [1.82, 2.24) is 24.6 Å². The van der Waals surface area contributed by atoms with Gasteiger partial charge < -0.3 is 15.2 Å². The molecule has 0 saturated carbocycles. The van der Waals surface area contributed by atoms with Crippen molar-refractivity contribution >= 4 is 22.5 Å². The van der Waals surface area contributed by atoms with Crippen molar-refractivity contribution in [3.8, 4) is 0 Å². The number of alkyl halides is 3. The molecule has 188 valence electrons. The number of piperidine rings is 1. The van der Waals surface area contributed by atoms with Gasteiger partial charge in [-0.05, 0) is 69.0 Å². The topological polar surface area (TPSA) is 88.3 Å². The quantitative estimate of drug-likeness (QED) is 0.576. The van der Waals surface area contributed by atoms with Crippen LogP contribution in [-0.2, 0) is 18.0 Å². The van der Waals surface area contributed by atoms with Crippen molar-refractivity contribution < 1.29 is 23.0 Å². The van der Waals surface area contributed by atoms with Gasteiger partial charge in [-0.2, -0.15) is 18.3 Å². The third-order valence-corrected chi connectivity index (χ3v) is 7.47. The van der Waals surface area contributed by atoms with Gasteiger partial charge in [0, 0.05) is 18.6 Å². The van der Waals surface area contributed by atoms with Crippen LogP contribution in [0.15, 0.2) is 24.5 Å². The summed E-state index contributed by atoms with van der Waals surface area (Å²) < 4.78 is 46.5. The molecule has 2 atom stereocenters. The smallest absolute Gasteiger partial charge is 0.389 e. The summed E-state index contributed by atoms with van der Waals surface area (Å²) in [4.78, 5) is 11.1. The number of anilines is 2. The number of hydrogen-bond donors (Lipinski definition) is 2. The molecule has 8 nitrogen and oxygen atoms in total. The molecule has 2 saturated heterocycles. The van der Waals surface area contributed by atoms with Crippen molar-refractivity contribution in [3.05, 3.63) is 41.3 Å². The Morgan fingerprint density at radius 3 is 2.60 bits per heavy atom. The number of nitrogens with zero attached hydrogens (tertiary/aromatic N) is 5. The van der Waals surface area contributed by atoms with E-state index in [1.165, 1.54) is 12.6 Å². The number of fused-ring (bicyclic) bond motifs is 1. The Balaban J connectivity index is 1.37. The van der Waals surface area contributed by atoms with Gasteiger partial charge in [0.15, 0.2) is 5.69 Å². The lowest BCUT2D eigenvalue weighted by molar-refractivity contribution is -0.143. The van der Waals surface area contributed by atoms with Crippen molar-refractivity contribution in [1.29, 1.82) is 0 Å². The first-order valence-electron chi connectivity index (χ1n) is 11.7. The number of aliphatic hydroxyl groups is 1. The van der Waals surface area contributed by atoms with Gasteiger partial charge in [-0.15, -0.1) is 0 Å².